The van der Waals surface area contributed by atoms with Crippen LogP contribution in [0.15, 0.2) is 28.4 Å². The van der Waals surface area contributed by atoms with E-state index in [2.05, 4.69) is 31.2 Å². The summed E-state index contributed by atoms with van der Waals surface area (Å²) < 4.78 is 47.2. The molecule has 2 atom stereocenters. The number of alkyl halides is 3. The van der Waals surface area contributed by atoms with E-state index in [1.165, 1.54) is 4.90 Å². The molecule has 1 aromatic carbocycles. The summed E-state index contributed by atoms with van der Waals surface area (Å²) >= 11 is 0. The van der Waals surface area contributed by atoms with Crippen molar-refractivity contribution in [2.75, 3.05) is 31.6 Å². The van der Waals surface area contributed by atoms with Crippen molar-refractivity contribution in [3.63, 3.8) is 0 Å². The van der Waals surface area contributed by atoms with E-state index in [1.54, 1.807) is 13.0 Å². The molecule has 1 aliphatic heterocycles. The molecule has 35 heavy (non-hydrogen) atoms. The second-order valence-electron chi connectivity index (χ2n) is 9.08. The first kappa shape index (κ1) is 24.8. The number of aliphatic hydroxyl groups is 1. The Bertz CT molecular complexity index is 1120. The zero-order valence-corrected chi connectivity index (χ0v) is 19.7. The maximum Gasteiger partial charge on any atom is 0.422 e. The summed E-state index contributed by atoms with van der Waals surface area (Å²) in [4.78, 5) is 15.6. The summed E-state index contributed by atoms with van der Waals surface area (Å²) in [5.41, 5.74) is 3.92. The highest BCUT2D eigenvalue weighted by molar-refractivity contribution is 5.68. The first-order valence-electron chi connectivity index (χ1n) is 11.3. The molecule has 0 radical (unpaired) electrons. The van der Waals surface area contributed by atoms with Crippen LogP contribution in [0.5, 0.6) is 0 Å². The molecule has 2 aliphatic rings. The number of anilines is 2. The van der Waals surface area contributed by atoms with E-state index >= 15 is 0 Å². The number of allylic oxidation sites excluding steroid dienone is 2. The molecule has 0 unspecified atom stereocenters. The molecule has 1 amide bonds. The van der Waals surface area contributed by atoms with Crippen LogP contribution in [0.2, 0.25) is 0 Å². The van der Waals surface area contributed by atoms with Crippen molar-refractivity contribution in [1.29, 1.82) is 0 Å². The average Bonchev–Trinajstić information content (AvgIpc) is 3.20. The molecule has 0 bridgehead atoms. The fourth-order valence-electron chi connectivity index (χ4n) is 4.28. The maximum absolute atomic E-state index is 12.4. The lowest BCUT2D eigenvalue weighted by Gasteiger charge is -2.39. The van der Waals surface area contributed by atoms with Crippen LogP contribution < -0.4 is 5.32 Å². The number of nitrogens with zero attached hydrogens (tertiary/aromatic N) is 4. The monoisotopic (exact) mass is 495 g/mol. The van der Waals surface area contributed by atoms with Crippen LogP contribution in [-0.4, -0.2) is 69.7 Å². The molecule has 12 heteroatoms. The number of aromatic nitrogens is 2. The molecular weight excluding hydrogens is 467 g/mol. The number of aliphatic hydroxyl groups excluding tert-OH is 1. The smallest absolute Gasteiger partial charge is 0.422 e. The van der Waals surface area contributed by atoms with E-state index in [9.17, 15) is 23.1 Å². The van der Waals surface area contributed by atoms with Crippen LogP contribution in [0.4, 0.5) is 29.7 Å². The van der Waals surface area contributed by atoms with Gasteiger partial charge in [0.25, 0.3) is 0 Å². The highest BCUT2D eigenvalue weighted by atomic mass is 19.4. The van der Waals surface area contributed by atoms with Crippen LogP contribution in [0.25, 0.3) is 0 Å². The number of hydrogen-bond acceptors (Lipinski definition) is 8. The predicted octanol–water partition coefficient (Wildman–Crippen LogP) is 4.56. The van der Waals surface area contributed by atoms with Gasteiger partial charge in [0, 0.05) is 44.3 Å². The lowest BCUT2D eigenvalue weighted by molar-refractivity contribution is -0.163. The minimum Gasteiger partial charge on any atom is -0.513 e. The molecule has 0 spiro atoms. The lowest BCUT2D eigenvalue weighted by atomic mass is 9.93. The average molecular weight is 496 g/mol. The zero-order chi connectivity index (χ0) is 25.3. The number of benzene rings is 1. The third kappa shape index (κ3) is 6.05. The van der Waals surface area contributed by atoms with Crippen LogP contribution in [0.3, 0.4) is 0 Å². The van der Waals surface area contributed by atoms with Crippen LogP contribution >= 0.6 is 0 Å². The third-order valence-electron chi connectivity index (χ3n) is 6.18. The number of nitrogens with one attached hydrogen (secondary N) is 1. The first-order valence-corrected chi connectivity index (χ1v) is 11.3. The van der Waals surface area contributed by atoms with Crippen molar-refractivity contribution in [3.05, 3.63) is 46.5 Å². The van der Waals surface area contributed by atoms with Gasteiger partial charge in [-0.1, -0.05) is 11.2 Å². The van der Waals surface area contributed by atoms with Gasteiger partial charge in [0.2, 0.25) is 5.89 Å². The molecule has 1 fully saturated rings. The van der Waals surface area contributed by atoms with Gasteiger partial charge in [-0.15, -0.1) is 5.10 Å². The number of halogens is 3. The summed E-state index contributed by atoms with van der Waals surface area (Å²) in [6.45, 7) is 6.08. The van der Waals surface area contributed by atoms with E-state index in [1.807, 2.05) is 19.9 Å². The van der Waals surface area contributed by atoms with Gasteiger partial charge >= 0.3 is 18.3 Å². The van der Waals surface area contributed by atoms with Crippen LogP contribution in [-0.2, 0) is 11.3 Å². The molecular formula is C23H28F3N5O4. The minimum absolute atomic E-state index is 0.0707. The molecule has 1 saturated heterocycles. The largest absolute Gasteiger partial charge is 0.513 e. The summed E-state index contributed by atoms with van der Waals surface area (Å²) in [5.74, 6) is 0.685. The standard InChI is InChI=1S/C23H28F3N5O4/c1-13-6-17(11-30-4-5-31(14(2)10-30)22(33)34-12-23(24,25)26)15(3)19(7-13)27-21-29-28-20(35-21)16-8-18(32)9-16/h6-8,14,16,32H,4-5,9-12H2,1-3H3,(H,27,29)/t14-,16+/m0/s1. The Morgan fingerprint density at radius 2 is 2.03 bits per heavy atom. The number of piperazine rings is 1. The summed E-state index contributed by atoms with van der Waals surface area (Å²) in [6.07, 6.45) is -3.33. The third-order valence-corrected chi connectivity index (χ3v) is 6.18. The van der Waals surface area contributed by atoms with Gasteiger partial charge in [0.15, 0.2) is 6.61 Å². The predicted molar refractivity (Wildman–Crippen MR) is 120 cm³/mol. The van der Waals surface area contributed by atoms with Gasteiger partial charge in [-0.25, -0.2) is 4.79 Å². The molecule has 0 saturated carbocycles. The van der Waals surface area contributed by atoms with Crippen molar-refractivity contribution in [3.8, 4) is 0 Å². The van der Waals surface area contributed by atoms with Gasteiger partial charge in [0.1, 0.15) is 0 Å². The van der Waals surface area contributed by atoms with Crippen molar-refractivity contribution < 1.29 is 32.2 Å². The van der Waals surface area contributed by atoms with E-state index in [0.717, 1.165) is 22.4 Å². The molecule has 9 nitrogen and oxygen atoms in total. The van der Waals surface area contributed by atoms with Gasteiger partial charge < -0.3 is 24.5 Å². The number of aryl methyl sites for hydroxylation is 1. The van der Waals surface area contributed by atoms with Gasteiger partial charge in [0.05, 0.1) is 11.7 Å². The molecule has 1 aromatic heterocycles. The Balaban J connectivity index is 1.38. The summed E-state index contributed by atoms with van der Waals surface area (Å²) in [5, 5.41) is 20.6. The number of hydrogen-bond donors (Lipinski definition) is 2. The first-order chi connectivity index (χ1) is 16.5. The van der Waals surface area contributed by atoms with Gasteiger partial charge in [-0.05, 0) is 49.6 Å². The topological polar surface area (TPSA) is 104 Å². The zero-order valence-electron chi connectivity index (χ0n) is 19.7. The molecule has 4 rings (SSSR count). The SMILES string of the molecule is Cc1cc(CN2CCN(C(=O)OCC(F)(F)F)[C@@H](C)C2)c(C)c(Nc2nnc([C@@H]3C=C(O)C3)o2)c1. The summed E-state index contributed by atoms with van der Waals surface area (Å²) in [6, 6.07) is 4.04. The maximum atomic E-state index is 12.4. The Labute approximate surface area is 200 Å². The van der Waals surface area contributed by atoms with E-state index < -0.39 is 18.9 Å². The Hall–Kier alpha value is -3.28. The van der Waals surface area contributed by atoms with Crippen molar-refractivity contribution in [2.45, 2.75) is 51.9 Å². The van der Waals surface area contributed by atoms with E-state index in [-0.39, 0.29) is 24.5 Å². The van der Waals surface area contributed by atoms with Gasteiger partial charge in [-0.2, -0.15) is 13.2 Å². The second-order valence-corrected chi connectivity index (χ2v) is 9.08. The van der Waals surface area contributed by atoms with Gasteiger partial charge in [-0.3, -0.25) is 4.90 Å². The van der Waals surface area contributed by atoms with Crippen molar-refractivity contribution in [1.82, 2.24) is 20.0 Å². The Morgan fingerprint density at radius 1 is 1.29 bits per heavy atom. The van der Waals surface area contributed by atoms with E-state index in [4.69, 9.17) is 4.42 Å². The fraction of sp³-hybridized carbons (Fsp3) is 0.522. The normalized spacial score (nSPS) is 20.9. The number of carbonyl (C=O) groups is 1. The molecule has 190 valence electrons. The fourth-order valence-corrected chi connectivity index (χ4v) is 4.28. The minimum atomic E-state index is -4.55. The number of amides is 1. The van der Waals surface area contributed by atoms with Crippen LogP contribution in [0, 0.1) is 13.8 Å². The highest BCUT2D eigenvalue weighted by Crippen LogP contribution is 2.34. The lowest BCUT2D eigenvalue weighted by Crippen LogP contribution is -2.54. The Morgan fingerprint density at radius 3 is 2.69 bits per heavy atom. The highest BCUT2D eigenvalue weighted by Gasteiger charge is 2.34. The van der Waals surface area contributed by atoms with Crippen molar-refractivity contribution in [2.24, 2.45) is 0 Å². The molecule has 2 aromatic rings. The summed E-state index contributed by atoms with van der Waals surface area (Å²) in [7, 11) is 0. The number of rotatable bonds is 6. The Kier molecular flexibility index (Phi) is 6.93. The number of carbonyl (C=O) groups excluding carboxylic acids is 1. The molecule has 1 aliphatic carbocycles. The quantitative estimate of drug-likeness (QED) is 0.601. The second kappa shape index (κ2) is 9.76. The number of ether oxygens (including phenoxy) is 1. The van der Waals surface area contributed by atoms with Crippen LogP contribution in [0.1, 0.15) is 41.8 Å². The van der Waals surface area contributed by atoms with E-state index in [0.29, 0.717) is 37.7 Å². The molecule has 2 heterocycles. The molecule has 2 N–H and O–H groups in total. The van der Waals surface area contributed by atoms with Crippen molar-refractivity contribution >= 4 is 17.8 Å².